The molecule has 0 fully saturated rings. The van der Waals surface area contributed by atoms with Crippen LogP contribution in [0.2, 0.25) is 0 Å². The molecule has 1 amide bonds. The highest BCUT2D eigenvalue weighted by Gasteiger charge is 2.06. The number of carbonyl (C=O) groups excluding carboxylic acids is 1. The number of nitrogens with one attached hydrogen (secondary N) is 2. The van der Waals surface area contributed by atoms with Crippen LogP contribution in [0.1, 0.15) is 21.6 Å². The maximum Gasteiger partial charge on any atom is 0.251 e. The quantitative estimate of drug-likeness (QED) is 0.703. The lowest BCUT2D eigenvalue weighted by Gasteiger charge is -2.06. The number of rotatable bonds is 3. The summed E-state index contributed by atoms with van der Waals surface area (Å²) < 4.78 is 0. The molecule has 0 saturated carbocycles. The lowest BCUT2D eigenvalue weighted by molar-refractivity contribution is 0.0950. The zero-order valence-electron chi connectivity index (χ0n) is 9.66. The third-order valence-corrected chi connectivity index (χ3v) is 2.63. The molecule has 88 valence electrons. The fourth-order valence-electron chi connectivity index (χ4n) is 1.57. The van der Waals surface area contributed by atoms with Gasteiger partial charge in [0.2, 0.25) is 0 Å². The Morgan fingerprint density at radius 2 is 2.24 bits per heavy atom. The van der Waals surface area contributed by atoms with Gasteiger partial charge in [0.25, 0.3) is 5.91 Å². The first-order valence-electron chi connectivity index (χ1n) is 5.43. The molecule has 1 aromatic heterocycles. The molecule has 0 bridgehead atoms. The normalized spacial score (nSPS) is 10.2. The van der Waals surface area contributed by atoms with Crippen molar-refractivity contribution in [1.29, 1.82) is 0 Å². The maximum absolute atomic E-state index is 11.8. The Labute approximate surface area is 99.8 Å². The Balaban J connectivity index is 2.02. The number of nitrogen functional groups attached to an aromatic ring is 1. The van der Waals surface area contributed by atoms with Crippen molar-refractivity contribution in [1.82, 2.24) is 10.3 Å². The molecule has 4 N–H and O–H groups in total. The second-order valence-corrected chi connectivity index (χ2v) is 3.95. The number of aromatic nitrogens is 1. The number of aromatic amines is 1. The largest absolute Gasteiger partial charge is 0.399 e. The van der Waals surface area contributed by atoms with E-state index in [1.807, 2.05) is 25.3 Å². The molecule has 1 heterocycles. The SMILES string of the molecule is Cc1cc(C(=O)NCc2ccc[nH]2)ccc1N. The molecule has 4 heteroatoms. The number of anilines is 1. The van der Waals surface area contributed by atoms with Crippen LogP contribution in [0.25, 0.3) is 0 Å². The van der Waals surface area contributed by atoms with Crippen molar-refractivity contribution >= 4 is 11.6 Å². The first-order chi connectivity index (χ1) is 8.16. The fraction of sp³-hybridized carbons (Fsp3) is 0.154. The van der Waals surface area contributed by atoms with Gasteiger partial charge in [-0.3, -0.25) is 4.79 Å². The van der Waals surface area contributed by atoms with Crippen LogP contribution in [-0.2, 0) is 6.54 Å². The Hall–Kier alpha value is -2.23. The molecule has 0 aliphatic rings. The average Bonchev–Trinajstić information content (AvgIpc) is 2.82. The first kappa shape index (κ1) is 11.3. The summed E-state index contributed by atoms with van der Waals surface area (Å²) >= 11 is 0. The highest BCUT2D eigenvalue weighted by atomic mass is 16.1. The summed E-state index contributed by atoms with van der Waals surface area (Å²) in [6.45, 7) is 2.38. The summed E-state index contributed by atoms with van der Waals surface area (Å²) in [6.07, 6.45) is 1.83. The van der Waals surface area contributed by atoms with Crippen LogP contribution in [0.4, 0.5) is 5.69 Å². The number of H-pyrrole nitrogens is 1. The van der Waals surface area contributed by atoms with Gasteiger partial charge in [-0.05, 0) is 42.8 Å². The van der Waals surface area contributed by atoms with Gasteiger partial charge in [0.15, 0.2) is 0 Å². The number of hydrogen-bond acceptors (Lipinski definition) is 2. The van der Waals surface area contributed by atoms with Crippen molar-refractivity contribution in [3.8, 4) is 0 Å². The summed E-state index contributed by atoms with van der Waals surface area (Å²) in [5.41, 5.74) is 8.92. The molecular weight excluding hydrogens is 214 g/mol. The molecule has 17 heavy (non-hydrogen) atoms. The summed E-state index contributed by atoms with van der Waals surface area (Å²) in [7, 11) is 0. The van der Waals surface area contributed by atoms with Gasteiger partial charge in [0.05, 0.1) is 6.54 Å². The van der Waals surface area contributed by atoms with Crippen molar-refractivity contribution in [3.05, 3.63) is 53.3 Å². The van der Waals surface area contributed by atoms with Gasteiger partial charge in [-0.1, -0.05) is 0 Å². The van der Waals surface area contributed by atoms with Crippen molar-refractivity contribution < 1.29 is 4.79 Å². The van der Waals surface area contributed by atoms with Crippen LogP contribution in [0, 0.1) is 6.92 Å². The maximum atomic E-state index is 11.8. The molecule has 0 aliphatic carbocycles. The van der Waals surface area contributed by atoms with Crippen LogP contribution >= 0.6 is 0 Å². The second kappa shape index (κ2) is 4.74. The predicted molar refractivity (Wildman–Crippen MR) is 67.6 cm³/mol. The zero-order chi connectivity index (χ0) is 12.3. The van der Waals surface area contributed by atoms with Crippen LogP contribution in [0.15, 0.2) is 36.5 Å². The Morgan fingerprint density at radius 1 is 1.41 bits per heavy atom. The van der Waals surface area contributed by atoms with Gasteiger partial charge < -0.3 is 16.0 Å². The molecule has 1 aromatic carbocycles. The van der Waals surface area contributed by atoms with E-state index in [-0.39, 0.29) is 5.91 Å². The predicted octanol–water partition coefficient (Wildman–Crippen LogP) is 1.84. The van der Waals surface area contributed by atoms with Gasteiger partial charge in [-0.2, -0.15) is 0 Å². The molecule has 2 rings (SSSR count). The molecule has 0 unspecified atom stereocenters. The summed E-state index contributed by atoms with van der Waals surface area (Å²) in [5, 5.41) is 2.84. The van der Waals surface area contributed by atoms with Crippen LogP contribution < -0.4 is 11.1 Å². The molecular formula is C13H15N3O. The van der Waals surface area contributed by atoms with Crippen LogP contribution in [0.5, 0.6) is 0 Å². The fourth-order valence-corrected chi connectivity index (χ4v) is 1.57. The minimum atomic E-state index is -0.0947. The number of aryl methyl sites for hydroxylation is 1. The monoisotopic (exact) mass is 229 g/mol. The van der Waals surface area contributed by atoms with Crippen molar-refractivity contribution in [2.24, 2.45) is 0 Å². The van der Waals surface area contributed by atoms with Gasteiger partial charge in [0, 0.05) is 23.1 Å². The molecule has 0 atom stereocenters. The number of nitrogens with two attached hydrogens (primary N) is 1. The van der Waals surface area contributed by atoms with E-state index in [2.05, 4.69) is 10.3 Å². The van der Waals surface area contributed by atoms with E-state index in [1.165, 1.54) is 0 Å². The standard InChI is InChI=1S/C13H15N3O/c1-9-7-10(4-5-12(9)14)13(17)16-8-11-3-2-6-15-11/h2-7,15H,8,14H2,1H3,(H,16,17). The molecule has 0 aliphatic heterocycles. The molecule has 0 saturated heterocycles. The van der Waals surface area contributed by atoms with E-state index in [0.29, 0.717) is 17.8 Å². The van der Waals surface area contributed by atoms with Crippen molar-refractivity contribution in [2.75, 3.05) is 5.73 Å². The van der Waals surface area contributed by atoms with E-state index in [4.69, 9.17) is 5.73 Å². The van der Waals surface area contributed by atoms with E-state index in [1.54, 1.807) is 18.2 Å². The topological polar surface area (TPSA) is 70.9 Å². The second-order valence-electron chi connectivity index (χ2n) is 3.95. The molecule has 2 aromatic rings. The smallest absolute Gasteiger partial charge is 0.251 e. The Kier molecular flexibility index (Phi) is 3.14. The third-order valence-electron chi connectivity index (χ3n) is 2.63. The number of hydrogen-bond donors (Lipinski definition) is 3. The lowest BCUT2D eigenvalue weighted by Crippen LogP contribution is -2.23. The van der Waals surface area contributed by atoms with E-state index in [0.717, 1.165) is 11.3 Å². The van der Waals surface area contributed by atoms with Crippen LogP contribution in [0.3, 0.4) is 0 Å². The van der Waals surface area contributed by atoms with E-state index in [9.17, 15) is 4.79 Å². The zero-order valence-corrected chi connectivity index (χ0v) is 9.66. The van der Waals surface area contributed by atoms with Gasteiger partial charge in [-0.25, -0.2) is 0 Å². The van der Waals surface area contributed by atoms with E-state index < -0.39 is 0 Å². The molecule has 4 nitrogen and oxygen atoms in total. The number of carbonyl (C=O) groups is 1. The Morgan fingerprint density at radius 3 is 2.88 bits per heavy atom. The van der Waals surface area contributed by atoms with Gasteiger partial charge in [-0.15, -0.1) is 0 Å². The molecule has 0 radical (unpaired) electrons. The van der Waals surface area contributed by atoms with Gasteiger partial charge in [0.1, 0.15) is 0 Å². The number of amides is 1. The highest BCUT2D eigenvalue weighted by molar-refractivity contribution is 5.94. The number of benzene rings is 1. The third kappa shape index (κ3) is 2.66. The highest BCUT2D eigenvalue weighted by Crippen LogP contribution is 2.12. The van der Waals surface area contributed by atoms with Gasteiger partial charge >= 0.3 is 0 Å². The van der Waals surface area contributed by atoms with Crippen LogP contribution in [-0.4, -0.2) is 10.9 Å². The first-order valence-corrected chi connectivity index (χ1v) is 5.43. The lowest BCUT2D eigenvalue weighted by atomic mass is 10.1. The summed E-state index contributed by atoms with van der Waals surface area (Å²) in [5.74, 6) is -0.0947. The minimum Gasteiger partial charge on any atom is -0.399 e. The summed E-state index contributed by atoms with van der Waals surface area (Å²) in [6, 6.07) is 9.09. The average molecular weight is 229 g/mol. The summed E-state index contributed by atoms with van der Waals surface area (Å²) in [4.78, 5) is 14.9. The van der Waals surface area contributed by atoms with Crippen molar-refractivity contribution in [2.45, 2.75) is 13.5 Å². The molecule has 0 spiro atoms. The van der Waals surface area contributed by atoms with E-state index >= 15 is 0 Å². The minimum absolute atomic E-state index is 0.0947. The van der Waals surface area contributed by atoms with Crippen molar-refractivity contribution in [3.63, 3.8) is 0 Å². The Bertz CT molecular complexity index is 517.